The van der Waals surface area contributed by atoms with E-state index in [4.69, 9.17) is 17.3 Å². The lowest BCUT2D eigenvalue weighted by molar-refractivity contribution is 0.0992. The molecule has 0 heterocycles. The van der Waals surface area contributed by atoms with E-state index < -0.39 is 5.82 Å². The fraction of sp³-hybridized carbons (Fsp3) is 0.0714. The van der Waals surface area contributed by atoms with Gasteiger partial charge >= 0.3 is 0 Å². The molecule has 2 aromatic carbocycles. The van der Waals surface area contributed by atoms with Crippen LogP contribution in [0.3, 0.4) is 0 Å². The maximum Gasteiger partial charge on any atom is 0.169 e. The second kappa shape index (κ2) is 5.19. The lowest BCUT2D eigenvalue weighted by atomic mass is 10.0. The zero-order valence-electron chi connectivity index (χ0n) is 9.49. The van der Waals surface area contributed by atoms with Crippen molar-refractivity contribution < 1.29 is 9.18 Å². The van der Waals surface area contributed by atoms with Crippen LogP contribution < -0.4 is 5.73 Å². The van der Waals surface area contributed by atoms with Gasteiger partial charge < -0.3 is 5.73 Å². The molecule has 2 rings (SSSR count). The van der Waals surface area contributed by atoms with Gasteiger partial charge in [0.2, 0.25) is 0 Å². The van der Waals surface area contributed by atoms with Gasteiger partial charge in [0.15, 0.2) is 5.78 Å². The number of ketones is 1. The van der Waals surface area contributed by atoms with Gasteiger partial charge in [0, 0.05) is 28.3 Å². The van der Waals surface area contributed by atoms with Gasteiger partial charge in [0.1, 0.15) is 5.82 Å². The molecule has 0 saturated heterocycles. The molecule has 2 aromatic rings. The predicted octanol–water partition coefficient (Wildman–Crippen LogP) is 3.49. The number of nitrogen functional groups attached to an aromatic ring is 1. The third kappa shape index (κ3) is 2.51. The van der Waals surface area contributed by atoms with E-state index in [1.807, 2.05) is 0 Å². The summed E-state index contributed by atoms with van der Waals surface area (Å²) >= 11 is 5.88. The Bertz CT molecular complexity index is 578. The van der Waals surface area contributed by atoms with Crippen LogP contribution in [0.25, 0.3) is 0 Å². The highest BCUT2D eigenvalue weighted by Crippen LogP contribution is 2.22. The molecule has 0 radical (unpaired) electrons. The smallest absolute Gasteiger partial charge is 0.169 e. The Kier molecular flexibility index (Phi) is 3.63. The van der Waals surface area contributed by atoms with Crippen LogP contribution in [0.2, 0.25) is 5.02 Å². The third-order valence-corrected chi connectivity index (χ3v) is 3.01. The summed E-state index contributed by atoms with van der Waals surface area (Å²) in [4.78, 5) is 12.0. The van der Waals surface area contributed by atoms with Crippen molar-refractivity contribution in [3.05, 3.63) is 64.4 Å². The van der Waals surface area contributed by atoms with Crippen molar-refractivity contribution in [2.24, 2.45) is 0 Å². The van der Waals surface area contributed by atoms with Gasteiger partial charge in [0.05, 0.1) is 0 Å². The first-order valence-electron chi connectivity index (χ1n) is 5.40. The lowest BCUT2D eigenvalue weighted by Crippen LogP contribution is -2.08. The van der Waals surface area contributed by atoms with Gasteiger partial charge in [-0.2, -0.15) is 0 Å². The molecule has 0 atom stereocenters. The first-order valence-corrected chi connectivity index (χ1v) is 5.78. The van der Waals surface area contributed by atoms with Crippen LogP contribution in [0.4, 0.5) is 10.1 Å². The molecule has 2 nitrogen and oxygen atoms in total. The average molecular weight is 264 g/mol. The van der Waals surface area contributed by atoms with Crippen molar-refractivity contribution in [2.75, 3.05) is 5.73 Å². The Labute approximate surface area is 109 Å². The van der Waals surface area contributed by atoms with Gasteiger partial charge in [0.25, 0.3) is 0 Å². The fourth-order valence-electron chi connectivity index (χ4n) is 1.71. The molecular formula is C14H11ClFNO. The monoisotopic (exact) mass is 263 g/mol. The number of Topliss-reactive ketones (excluding diaryl/α,β-unsaturated/α-hetero) is 1. The third-order valence-electron chi connectivity index (χ3n) is 2.66. The van der Waals surface area contributed by atoms with E-state index in [1.54, 1.807) is 30.3 Å². The van der Waals surface area contributed by atoms with Crippen molar-refractivity contribution in [1.82, 2.24) is 0 Å². The number of carbonyl (C=O) groups excluding carboxylic acids is 1. The van der Waals surface area contributed by atoms with Gasteiger partial charge in [-0.3, -0.25) is 4.79 Å². The van der Waals surface area contributed by atoms with Gasteiger partial charge in [-0.05, 0) is 24.3 Å². The van der Waals surface area contributed by atoms with Crippen LogP contribution in [0.15, 0.2) is 42.5 Å². The summed E-state index contributed by atoms with van der Waals surface area (Å²) in [6, 6.07) is 11.0. The lowest BCUT2D eigenvalue weighted by Gasteiger charge is -2.07. The number of anilines is 1. The van der Waals surface area contributed by atoms with Gasteiger partial charge in [-0.15, -0.1) is 0 Å². The molecule has 18 heavy (non-hydrogen) atoms. The van der Waals surface area contributed by atoms with E-state index in [9.17, 15) is 9.18 Å². The van der Waals surface area contributed by atoms with E-state index in [-0.39, 0.29) is 22.8 Å². The summed E-state index contributed by atoms with van der Waals surface area (Å²) in [5.41, 5.74) is 6.68. The number of benzene rings is 2. The highest BCUT2D eigenvalue weighted by molar-refractivity contribution is 6.31. The molecule has 0 unspecified atom stereocenters. The highest BCUT2D eigenvalue weighted by atomic mass is 35.5. The Morgan fingerprint density at radius 3 is 2.56 bits per heavy atom. The molecular weight excluding hydrogens is 253 g/mol. The average Bonchev–Trinajstić information content (AvgIpc) is 2.34. The molecule has 0 aromatic heterocycles. The first-order chi connectivity index (χ1) is 8.59. The second-order valence-electron chi connectivity index (χ2n) is 3.89. The molecule has 0 spiro atoms. The van der Waals surface area contributed by atoms with E-state index >= 15 is 0 Å². The molecule has 0 aliphatic carbocycles. The fourth-order valence-corrected chi connectivity index (χ4v) is 1.94. The van der Waals surface area contributed by atoms with Crippen molar-refractivity contribution in [2.45, 2.75) is 6.42 Å². The van der Waals surface area contributed by atoms with Crippen LogP contribution in [-0.2, 0) is 6.42 Å². The van der Waals surface area contributed by atoms with Crippen molar-refractivity contribution in [1.29, 1.82) is 0 Å². The van der Waals surface area contributed by atoms with Crippen molar-refractivity contribution in [3.8, 4) is 0 Å². The standard InChI is InChI=1S/C14H11ClFNO/c15-11-5-3-6-12(16)10(11)8-14(18)9-4-1-2-7-13(9)17/h1-7H,8,17H2. The SMILES string of the molecule is Nc1ccccc1C(=O)Cc1c(F)cccc1Cl. The van der Waals surface area contributed by atoms with Crippen LogP contribution in [0, 0.1) is 5.82 Å². The zero-order chi connectivity index (χ0) is 13.1. The van der Waals surface area contributed by atoms with Crippen LogP contribution in [0.1, 0.15) is 15.9 Å². The summed E-state index contributed by atoms with van der Waals surface area (Å²) in [5, 5.41) is 0.248. The Balaban J connectivity index is 2.30. The maximum atomic E-state index is 13.6. The first kappa shape index (κ1) is 12.6. The molecule has 0 bridgehead atoms. The summed E-state index contributed by atoms with van der Waals surface area (Å²) in [6.07, 6.45) is -0.0975. The second-order valence-corrected chi connectivity index (χ2v) is 4.29. The zero-order valence-corrected chi connectivity index (χ0v) is 10.2. The number of hydrogen-bond donors (Lipinski definition) is 1. The Morgan fingerprint density at radius 1 is 1.17 bits per heavy atom. The molecule has 0 aliphatic rings. The Hall–Kier alpha value is -1.87. The van der Waals surface area contributed by atoms with E-state index in [2.05, 4.69) is 0 Å². The molecule has 0 fully saturated rings. The summed E-state index contributed by atoms with van der Waals surface area (Å²) in [6.45, 7) is 0. The van der Waals surface area contributed by atoms with Crippen LogP contribution in [0.5, 0.6) is 0 Å². The molecule has 0 aliphatic heterocycles. The quantitative estimate of drug-likeness (QED) is 0.680. The topological polar surface area (TPSA) is 43.1 Å². The molecule has 2 N–H and O–H groups in total. The number of rotatable bonds is 3. The minimum Gasteiger partial charge on any atom is -0.398 e. The molecule has 4 heteroatoms. The van der Waals surface area contributed by atoms with Crippen molar-refractivity contribution in [3.63, 3.8) is 0 Å². The maximum absolute atomic E-state index is 13.6. The minimum atomic E-state index is -0.481. The molecule has 0 saturated carbocycles. The van der Waals surface area contributed by atoms with E-state index in [0.717, 1.165) is 0 Å². The summed E-state index contributed by atoms with van der Waals surface area (Å²) in [7, 11) is 0. The number of para-hydroxylation sites is 1. The predicted molar refractivity (Wildman–Crippen MR) is 70.3 cm³/mol. The number of hydrogen-bond acceptors (Lipinski definition) is 2. The summed E-state index contributed by atoms with van der Waals surface area (Å²) < 4.78 is 13.6. The normalized spacial score (nSPS) is 10.3. The van der Waals surface area contributed by atoms with Crippen LogP contribution in [-0.4, -0.2) is 5.78 Å². The van der Waals surface area contributed by atoms with Gasteiger partial charge in [-0.1, -0.05) is 29.8 Å². The highest BCUT2D eigenvalue weighted by Gasteiger charge is 2.14. The molecule has 92 valence electrons. The largest absolute Gasteiger partial charge is 0.398 e. The number of halogens is 2. The van der Waals surface area contributed by atoms with Crippen LogP contribution >= 0.6 is 11.6 Å². The van der Waals surface area contributed by atoms with E-state index in [0.29, 0.717) is 11.3 Å². The minimum absolute atomic E-state index is 0.0975. The van der Waals surface area contributed by atoms with Gasteiger partial charge in [-0.25, -0.2) is 4.39 Å². The van der Waals surface area contributed by atoms with Crippen molar-refractivity contribution >= 4 is 23.1 Å². The van der Waals surface area contributed by atoms with E-state index in [1.165, 1.54) is 12.1 Å². The Morgan fingerprint density at radius 2 is 1.89 bits per heavy atom. The molecule has 0 amide bonds. The summed E-state index contributed by atoms with van der Waals surface area (Å²) in [5.74, 6) is -0.731. The number of nitrogens with two attached hydrogens (primary N) is 1. The number of carbonyl (C=O) groups is 1.